The molecule has 22 heavy (non-hydrogen) atoms. The van der Waals surface area contributed by atoms with Crippen LogP contribution in [0.4, 0.5) is 0 Å². The van der Waals surface area contributed by atoms with Gasteiger partial charge >= 0.3 is 0 Å². The zero-order valence-electron chi connectivity index (χ0n) is 12.7. The maximum atomic E-state index is 10.8. The van der Waals surface area contributed by atoms with Crippen molar-refractivity contribution in [3.63, 3.8) is 0 Å². The van der Waals surface area contributed by atoms with Crippen LogP contribution < -0.4 is 15.2 Å². The van der Waals surface area contributed by atoms with Crippen molar-refractivity contribution in [3.8, 4) is 11.5 Å². The third kappa shape index (κ3) is 4.38. The molecule has 0 aliphatic rings. The van der Waals surface area contributed by atoms with E-state index in [-0.39, 0.29) is 0 Å². The molecule has 0 aliphatic heterocycles. The number of nitrogens with two attached hydrogens (primary N) is 1. The molecule has 1 amide bonds. The number of carbonyl (C=O) groups is 1. The maximum absolute atomic E-state index is 10.8. The lowest BCUT2D eigenvalue weighted by Crippen LogP contribution is -2.05. The van der Waals surface area contributed by atoms with Gasteiger partial charge in [0.05, 0.1) is 7.11 Å². The molecular weight excluding hydrogens is 278 g/mol. The van der Waals surface area contributed by atoms with Crippen LogP contribution in [-0.4, -0.2) is 13.0 Å². The molecule has 2 N–H and O–H groups in total. The number of primary amides is 1. The summed E-state index contributed by atoms with van der Waals surface area (Å²) in [7, 11) is 1.61. The number of rotatable bonds is 6. The van der Waals surface area contributed by atoms with Crippen LogP contribution >= 0.6 is 0 Å². The summed E-state index contributed by atoms with van der Waals surface area (Å²) in [6, 6.07) is 13.5. The Morgan fingerprint density at radius 2 is 1.91 bits per heavy atom. The Morgan fingerprint density at radius 3 is 2.55 bits per heavy atom. The van der Waals surface area contributed by atoms with Gasteiger partial charge in [-0.25, -0.2) is 0 Å². The summed E-state index contributed by atoms with van der Waals surface area (Å²) >= 11 is 0. The van der Waals surface area contributed by atoms with E-state index in [1.54, 1.807) is 13.2 Å². The molecule has 114 valence electrons. The third-order valence-electron chi connectivity index (χ3n) is 3.16. The molecule has 0 atom stereocenters. The summed E-state index contributed by atoms with van der Waals surface area (Å²) in [5, 5.41) is 0. The van der Waals surface area contributed by atoms with E-state index in [0.717, 1.165) is 22.6 Å². The minimum atomic E-state index is -0.478. The summed E-state index contributed by atoms with van der Waals surface area (Å²) in [6.07, 6.45) is 2.99. The number of benzene rings is 2. The Balaban J connectivity index is 2.15. The molecule has 4 nitrogen and oxygen atoms in total. The number of aryl methyl sites for hydroxylation is 1. The molecule has 2 aromatic rings. The van der Waals surface area contributed by atoms with Gasteiger partial charge in [-0.2, -0.15) is 0 Å². The molecule has 0 aromatic heterocycles. The monoisotopic (exact) mass is 297 g/mol. The minimum absolute atomic E-state index is 0.379. The SMILES string of the molecule is COc1ccc(/C=C\C(N)=O)cc1COc1ccc(C)cc1. The minimum Gasteiger partial charge on any atom is -0.496 e. The van der Waals surface area contributed by atoms with Gasteiger partial charge in [0.2, 0.25) is 5.91 Å². The Labute approximate surface area is 130 Å². The van der Waals surface area contributed by atoms with Gasteiger partial charge in [-0.05, 0) is 42.8 Å². The molecule has 0 saturated carbocycles. The van der Waals surface area contributed by atoms with Crippen LogP contribution in [0.5, 0.6) is 11.5 Å². The Morgan fingerprint density at radius 1 is 1.18 bits per heavy atom. The van der Waals surface area contributed by atoms with Crippen LogP contribution in [0.1, 0.15) is 16.7 Å². The quantitative estimate of drug-likeness (QED) is 0.833. The molecule has 2 aromatic carbocycles. The highest BCUT2D eigenvalue weighted by atomic mass is 16.5. The largest absolute Gasteiger partial charge is 0.496 e. The number of hydrogen-bond donors (Lipinski definition) is 1. The molecule has 0 aliphatic carbocycles. The first-order chi connectivity index (χ1) is 10.6. The molecular formula is C18H19NO3. The van der Waals surface area contributed by atoms with E-state index in [1.165, 1.54) is 11.6 Å². The number of ether oxygens (including phenoxy) is 2. The standard InChI is InChI=1S/C18H19NO3/c1-13-3-7-16(8-4-13)22-12-15-11-14(6-10-18(19)20)5-9-17(15)21-2/h3-11H,12H2,1-2H3,(H2,19,20)/b10-6-. The summed E-state index contributed by atoms with van der Waals surface area (Å²) in [6.45, 7) is 2.41. The van der Waals surface area contributed by atoms with Gasteiger partial charge in [0.15, 0.2) is 0 Å². The van der Waals surface area contributed by atoms with Crippen molar-refractivity contribution in [2.45, 2.75) is 13.5 Å². The van der Waals surface area contributed by atoms with Gasteiger partial charge in [0.1, 0.15) is 18.1 Å². The lowest BCUT2D eigenvalue weighted by atomic mass is 10.1. The molecule has 4 heteroatoms. The lowest BCUT2D eigenvalue weighted by molar-refractivity contribution is -0.113. The Kier molecular flexibility index (Phi) is 5.20. The van der Waals surface area contributed by atoms with Gasteiger partial charge in [0, 0.05) is 11.6 Å². The zero-order chi connectivity index (χ0) is 15.9. The first kappa shape index (κ1) is 15.6. The fraction of sp³-hybridized carbons (Fsp3) is 0.167. The Bertz CT molecular complexity index is 675. The van der Waals surface area contributed by atoms with Crippen molar-refractivity contribution >= 4 is 12.0 Å². The first-order valence-corrected chi connectivity index (χ1v) is 6.92. The van der Waals surface area contributed by atoms with Crippen LogP contribution in [0.2, 0.25) is 0 Å². The van der Waals surface area contributed by atoms with E-state index in [1.807, 2.05) is 49.4 Å². The molecule has 0 radical (unpaired) electrons. The predicted octanol–water partition coefficient (Wildman–Crippen LogP) is 3.08. The first-order valence-electron chi connectivity index (χ1n) is 6.92. The normalized spacial score (nSPS) is 10.6. The Hall–Kier alpha value is -2.75. The third-order valence-corrected chi connectivity index (χ3v) is 3.16. The van der Waals surface area contributed by atoms with E-state index in [0.29, 0.717) is 6.61 Å². The van der Waals surface area contributed by atoms with Crippen molar-refractivity contribution in [3.05, 3.63) is 65.2 Å². The van der Waals surface area contributed by atoms with E-state index in [2.05, 4.69) is 0 Å². The topological polar surface area (TPSA) is 61.5 Å². The average molecular weight is 297 g/mol. The van der Waals surface area contributed by atoms with Crippen molar-refractivity contribution in [2.24, 2.45) is 5.73 Å². The van der Waals surface area contributed by atoms with E-state index < -0.39 is 5.91 Å². The smallest absolute Gasteiger partial charge is 0.241 e. The van der Waals surface area contributed by atoms with Crippen molar-refractivity contribution in [1.82, 2.24) is 0 Å². The van der Waals surface area contributed by atoms with Crippen LogP contribution in [0, 0.1) is 6.92 Å². The van der Waals surface area contributed by atoms with Gasteiger partial charge < -0.3 is 15.2 Å². The summed E-state index contributed by atoms with van der Waals surface area (Å²) < 4.78 is 11.1. The van der Waals surface area contributed by atoms with Crippen molar-refractivity contribution < 1.29 is 14.3 Å². The van der Waals surface area contributed by atoms with Crippen LogP contribution in [0.15, 0.2) is 48.5 Å². The fourth-order valence-corrected chi connectivity index (χ4v) is 1.99. The average Bonchev–Trinajstić information content (AvgIpc) is 2.52. The van der Waals surface area contributed by atoms with Crippen LogP contribution in [-0.2, 0) is 11.4 Å². The van der Waals surface area contributed by atoms with Crippen molar-refractivity contribution in [2.75, 3.05) is 7.11 Å². The van der Waals surface area contributed by atoms with Crippen molar-refractivity contribution in [1.29, 1.82) is 0 Å². The number of hydrogen-bond acceptors (Lipinski definition) is 3. The summed E-state index contributed by atoms with van der Waals surface area (Å²) in [4.78, 5) is 10.8. The fourth-order valence-electron chi connectivity index (χ4n) is 1.99. The van der Waals surface area contributed by atoms with E-state index in [4.69, 9.17) is 15.2 Å². The second-order valence-electron chi connectivity index (χ2n) is 4.91. The highest BCUT2D eigenvalue weighted by Gasteiger charge is 2.05. The summed E-state index contributed by atoms with van der Waals surface area (Å²) in [5.41, 5.74) is 8.05. The van der Waals surface area contributed by atoms with Gasteiger partial charge in [-0.1, -0.05) is 23.8 Å². The molecule has 0 saturated heterocycles. The zero-order valence-corrected chi connectivity index (χ0v) is 12.7. The number of amides is 1. The summed E-state index contributed by atoms with van der Waals surface area (Å²) in [5.74, 6) is 1.06. The highest BCUT2D eigenvalue weighted by Crippen LogP contribution is 2.23. The van der Waals surface area contributed by atoms with Gasteiger partial charge in [-0.3, -0.25) is 4.79 Å². The van der Waals surface area contributed by atoms with Gasteiger partial charge in [-0.15, -0.1) is 0 Å². The lowest BCUT2D eigenvalue weighted by Gasteiger charge is -2.11. The van der Waals surface area contributed by atoms with E-state index in [9.17, 15) is 4.79 Å². The van der Waals surface area contributed by atoms with E-state index >= 15 is 0 Å². The molecule has 0 spiro atoms. The number of carbonyl (C=O) groups excluding carboxylic acids is 1. The van der Waals surface area contributed by atoms with Gasteiger partial charge in [0.25, 0.3) is 0 Å². The second-order valence-corrected chi connectivity index (χ2v) is 4.91. The molecule has 0 heterocycles. The second kappa shape index (κ2) is 7.31. The number of methoxy groups -OCH3 is 1. The highest BCUT2D eigenvalue weighted by molar-refractivity contribution is 5.90. The molecule has 0 fully saturated rings. The molecule has 2 rings (SSSR count). The molecule has 0 bridgehead atoms. The maximum Gasteiger partial charge on any atom is 0.241 e. The van der Waals surface area contributed by atoms with Crippen LogP contribution in [0.3, 0.4) is 0 Å². The molecule has 0 unspecified atom stereocenters. The van der Waals surface area contributed by atoms with Crippen LogP contribution in [0.25, 0.3) is 6.08 Å². The predicted molar refractivity (Wildman–Crippen MR) is 86.7 cm³/mol.